The molecule has 2 aromatic heterocycles. The van der Waals surface area contributed by atoms with Gasteiger partial charge in [-0.15, -0.1) is 10.2 Å². The molecule has 1 aromatic carbocycles. The number of rotatable bonds is 5. The van der Waals surface area contributed by atoms with Gasteiger partial charge in [0.2, 0.25) is 0 Å². The minimum Gasteiger partial charge on any atom is -0.493 e. The normalized spacial score (nSPS) is 18.7. The van der Waals surface area contributed by atoms with E-state index in [1.165, 1.54) is 31.3 Å². The van der Waals surface area contributed by atoms with Crippen LogP contribution in [0.2, 0.25) is 0 Å². The summed E-state index contributed by atoms with van der Waals surface area (Å²) in [5, 5.41) is 18.5. The number of aldehydes is 1. The van der Waals surface area contributed by atoms with Gasteiger partial charge in [0, 0.05) is 36.3 Å². The molecule has 5 rings (SSSR count). The fourth-order valence-corrected chi connectivity index (χ4v) is 5.44. The van der Waals surface area contributed by atoms with Crippen molar-refractivity contribution in [3.8, 4) is 17.0 Å². The van der Waals surface area contributed by atoms with E-state index in [1.807, 2.05) is 4.90 Å². The second kappa shape index (κ2) is 9.06. The third-order valence-electron chi connectivity index (χ3n) is 5.87. The zero-order chi connectivity index (χ0) is 24.7. The SMILES string of the molecule is COc1c(F)cc(F)cc1-c1cc2c(nn1)N(C(=O)O)C[C@H]1C[C@@H](Sc3ncc(C=O)cn3)CN21. The van der Waals surface area contributed by atoms with Gasteiger partial charge in [-0.3, -0.25) is 9.69 Å². The zero-order valence-electron chi connectivity index (χ0n) is 18.3. The average Bonchev–Trinajstić information content (AvgIpc) is 3.25. The van der Waals surface area contributed by atoms with E-state index in [-0.39, 0.29) is 40.7 Å². The fraction of sp³-hybridized carbons (Fsp3) is 0.273. The van der Waals surface area contributed by atoms with Crippen LogP contribution in [0.4, 0.5) is 25.1 Å². The molecule has 13 heteroatoms. The predicted molar refractivity (Wildman–Crippen MR) is 122 cm³/mol. The van der Waals surface area contributed by atoms with E-state index in [0.29, 0.717) is 41.7 Å². The quantitative estimate of drug-likeness (QED) is 0.413. The minimum atomic E-state index is -1.17. The maximum Gasteiger partial charge on any atom is 0.413 e. The Morgan fingerprint density at radius 2 is 1.97 bits per heavy atom. The van der Waals surface area contributed by atoms with Gasteiger partial charge in [-0.05, 0) is 18.6 Å². The Labute approximate surface area is 202 Å². The molecule has 0 spiro atoms. The van der Waals surface area contributed by atoms with Crippen molar-refractivity contribution in [2.45, 2.75) is 22.9 Å². The average molecular weight is 500 g/mol. The third-order valence-corrected chi connectivity index (χ3v) is 6.96. The summed E-state index contributed by atoms with van der Waals surface area (Å²) in [5.41, 5.74) is 1.08. The molecule has 0 unspecified atom stereocenters. The minimum absolute atomic E-state index is 0.0291. The van der Waals surface area contributed by atoms with Gasteiger partial charge < -0.3 is 14.7 Å². The molecule has 35 heavy (non-hydrogen) atoms. The van der Waals surface area contributed by atoms with E-state index in [2.05, 4.69) is 20.2 Å². The number of carbonyl (C=O) groups is 2. The second-order valence-electron chi connectivity index (χ2n) is 8.00. The van der Waals surface area contributed by atoms with Crippen molar-refractivity contribution in [1.82, 2.24) is 20.2 Å². The number of thioether (sulfide) groups is 1. The zero-order valence-corrected chi connectivity index (χ0v) is 19.1. The summed E-state index contributed by atoms with van der Waals surface area (Å²) < 4.78 is 33.4. The van der Waals surface area contributed by atoms with E-state index < -0.39 is 17.7 Å². The number of carbonyl (C=O) groups excluding carboxylic acids is 1. The number of hydrogen-bond donors (Lipinski definition) is 1. The van der Waals surface area contributed by atoms with Crippen molar-refractivity contribution >= 4 is 35.6 Å². The lowest BCUT2D eigenvalue weighted by Gasteiger charge is -2.37. The fourth-order valence-electron chi connectivity index (χ4n) is 4.36. The Bertz CT molecular complexity index is 1310. The van der Waals surface area contributed by atoms with Crippen LogP contribution < -0.4 is 14.5 Å². The smallest absolute Gasteiger partial charge is 0.413 e. The van der Waals surface area contributed by atoms with Gasteiger partial charge in [-0.1, -0.05) is 11.8 Å². The molecule has 2 aliphatic rings. The lowest BCUT2D eigenvalue weighted by molar-refractivity contribution is 0.112. The van der Waals surface area contributed by atoms with Crippen LogP contribution in [0.25, 0.3) is 11.3 Å². The van der Waals surface area contributed by atoms with Gasteiger partial charge in [0.1, 0.15) is 5.82 Å². The Morgan fingerprint density at radius 3 is 2.66 bits per heavy atom. The molecule has 1 amide bonds. The standard InChI is InChI=1S/C22H18F2N6O4S/c1-34-19-15(2-12(23)3-16(19)24)17-5-18-20(28-27-17)30(22(32)33)8-13-4-14(9-29(13)18)35-21-25-6-11(10-31)7-26-21/h2-3,5-7,10,13-14H,4,8-9H2,1H3,(H,32,33)/t13-,14-/m1/s1. The Kier molecular flexibility index (Phi) is 5.93. The first-order chi connectivity index (χ1) is 16.9. The first kappa shape index (κ1) is 22.9. The van der Waals surface area contributed by atoms with Crippen molar-refractivity contribution in [3.63, 3.8) is 0 Å². The number of fused-ring (bicyclic) bond motifs is 3. The van der Waals surface area contributed by atoms with Gasteiger partial charge in [-0.2, -0.15) is 0 Å². The monoisotopic (exact) mass is 500 g/mol. The van der Waals surface area contributed by atoms with E-state index >= 15 is 0 Å². The summed E-state index contributed by atoms with van der Waals surface area (Å²) in [6, 6.07) is 3.22. The molecule has 0 saturated carbocycles. The van der Waals surface area contributed by atoms with Crippen LogP contribution in [0.5, 0.6) is 5.75 Å². The third kappa shape index (κ3) is 4.22. The number of carboxylic acid groups (broad SMARTS) is 1. The second-order valence-corrected chi connectivity index (χ2v) is 9.27. The number of ether oxygens (including phenoxy) is 1. The number of benzene rings is 1. The van der Waals surface area contributed by atoms with Crippen molar-refractivity contribution in [2.75, 3.05) is 30.0 Å². The summed E-state index contributed by atoms with van der Waals surface area (Å²) in [4.78, 5) is 34.3. The van der Waals surface area contributed by atoms with Gasteiger partial charge in [0.15, 0.2) is 28.8 Å². The highest BCUT2D eigenvalue weighted by Crippen LogP contribution is 2.43. The molecule has 2 atom stereocenters. The molecule has 0 bridgehead atoms. The molecule has 1 N–H and O–H groups in total. The van der Waals surface area contributed by atoms with E-state index in [1.54, 1.807) is 6.07 Å². The molecule has 1 fully saturated rings. The van der Waals surface area contributed by atoms with Crippen LogP contribution in [-0.4, -0.2) is 69.1 Å². The maximum absolute atomic E-state index is 14.3. The van der Waals surface area contributed by atoms with Crippen molar-refractivity contribution in [3.05, 3.63) is 47.8 Å². The molecule has 0 aliphatic carbocycles. The molecule has 180 valence electrons. The first-order valence-corrected chi connectivity index (χ1v) is 11.4. The Balaban J connectivity index is 1.50. The highest BCUT2D eigenvalue weighted by molar-refractivity contribution is 7.99. The molecule has 4 heterocycles. The lowest BCUT2D eigenvalue weighted by Crippen LogP contribution is -2.48. The number of amides is 1. The number of nitrogens with zero attached hydrogens (tertiary/aromatic N) is 6. The van der Waals surface area contributed by atoms with Crippen molar-refractivity contribution in [1.29, 1.82) is 0 Å². The van der Waals surface area contributed by atoms with E-state index in [0.717, 1.165) is 11.0 Å². The summed E-state index contributed by atoms with van der Waals surface area (Å²) in [7, 11) is 1.26. The number of halogens is 2. The van der Waals surface area contributed by atoms with Gasteiger partial charge in [0.05, 0.1) is 36.2 Å². The van der Waals surface area contributed by atoms with Crippen LogP contribution in [0.1, 0.15) is 16.8 Å². The van der Waals surface area contributed by atoms with E-state index in [4.69, 9.17) is 4.74 Å². The number of methoxy groups -OCH3 is 1. The first-order valence-electron chi connectivity index (χ1n) is 10.5. The summed E-state index contributed by atoms with van der Waals surface area (Å²) >= 11 is 1.43. The molecule has 0 radical (unpaired) electrons. The van der Waals surface area contributed by atoms with Crippen LogP contribution in [0, 0.1) is 11.6 Å². The van der Waals surface area contributed by atoms with Gasteiger partial charge in [0.25, 0.3) is 0 Å². The van der Waals surface area contributed by atoms with Crippen LogP contribution >= 0.6 is 11.8 Å². The van der Waals surface area contributed by atoms with Crippen LogP contribution in [0.3, 0.4) is 0 Å². The highest BCUT2D eigenvalue weighted by Gasteiger charge is 2.42. The number of aromatic nitrogens is 4. The van der Waals surface area contributed by atoms with Crippen molar-refractivity contribution in [2.24, 2.45) is 0 Å². The lowest BCUT2D eigenvalue weighted by atomic mass is 10.1. The summed E-state index contributed by atoms with van der Waals surface area (Å²) in [6.07, 6.45) is 3.02. The molecular weight excluding hydrogens is 482 g/mol. The van der Waals surface area contributed by atoms with Crippen LogP contribution in [-0.2, 0) is 0 Å². The molecule has 1 saturated heterocycles. The molecule has 3 aromatic rings. The summed E-state index contributed by atoms with van der Waals surface area (Å²) in [6.45, 7) is 0.727. The Hall–Kier alpha value is -3.87. The topological polar surface area (TPSA) is 122 Å². The summed E-state index contributed by atoms with van der Waals surface area (Å²) in [5.74, 6) is -1.73. The molecular formula is C22H18F2N6O4S. The largest absolute Gasteiger partial charge is 0.493 e. The predicted octanol–water partition coefficient (Wildman–Crippen LogP) is 3.27. The maximum atomic E-state index is 14.3. The highest BCUT2D eigenvalue weighted by atomic mass is 32.2. The van der Waals surface area contributed by atoms with E-state index in [9.17, 15) is 23.5 Å². The van der Waals surface area contributed by atoms with Crippen molar-refractivity contribution < 1.29 is 28.2 Å². The number of anilines is 2. The Morgan fingerprint density at radius 1 is 1.20 bits per heavy atom. The van der Waals surface area contributed by atoms with Crippen LogP contribution in [0.15, 0.2) is 35.7 Å². The van der Waals surface area contributed by atoms with Gasteiger partial charge >= 0.3 is 6.09 Å². The molecule has 2 aliphatic heterocycles. The molecule has 10 nitrogen and oxygen atoms in total. The number of hydrogen-bond acceptors (Lipinski definition) is 9. The van der Waals surface area contributed by atoms with Gasteiger partial charge in [-0.25, -0.2) is 23.5 Å².